The average Bonchev–Trinajstić information content (AvgIpc) is 3.94. The van der Waals surface area contributed by atoms with Gasteiger partial charge in [-0.2, -0.15) is 12.1 Å². The van der Waals surface area contributed by atoms with Crippen LogP contribution in [0, 0.1) is 18.5 Å². The Hall–Kier alpha value is -8.11. The molecule has 0 saturated heterocycles. The largest absolute Gasteiger partial charge is 0.510 e. The number of ether oxygens (including phenoxy) is 1. The van der Waals surface area contributed by atoms with E-state index < -0.39 is 0 Å². The normalized spacial score (nSPS) is 11.8. The Kier molecular flexibility index (Phi) is 8.71. The fourth-order valence-electron chi connectivity index (χ4n) is 10.4. The minimum atomic E-state index is 0. The van der Waals surface area contributed by atoms with Crippen molar-refractivity contribution in [1.82, 2.24) is 13.8 Å². The third-order valence-corrected chi connectivity index (χ3v) is 13.2. The summed E-state index contributed by atoms with van der Waals surface area (Å²) in [4.78, 5) is 5.14. The van der Waals surface area contributed by atoms with Crippen molar-refractivity contribution in [3.05, 3.63) is 225 Å². The van der Waals surface area contributed by atoms with E-state index in [2.05, 4.69) is 208 Å². The summed E-state index contributed by atoms with van der Waals surface area (Å²) in [5.41, 5.74) is 6.73. The van der Waals surface area contributed by atoms with Gasteiger partial charge in [-0.25, -0.2) is 4.98 Å². The van der Waals surface area contributed by atoms with Gasteiger partial charge in [0.2, 0.25) is 0 Å². The summed E-state index contributed by atoms with van der Waals surface area (Å²) in [5.74, 6) is 1.14. The van der Waals surface area contributed by atoms with Gasteiger partial charge in [-0.1, -0.05) is 163 Å². The molecule has 0 saturated carbocycles. The number of hydrogen-bond donors (Lipinski definition) is 0. The van der Waals surface area contributed by atoms with Crippen LogP contribution < -0.4 is 9.30 Å². The van der Waals surface area contributed by atoms with E-state index in [0.29, 0.717) is 11.5 Å². The second-order valence-corrected chi connectivity index (χ2v) is 16.6. The summed E-state index contributed by atoms with van der Waals surface area (Å²) in [6.07, 6.45) is 5.67. The number of para-hydroxylation sites is 3. The molecule has 5 nitrogen and oxygen atoms in total. The molecule has 0 fully saturated rings. The summed E-state index contributed by atoms with van der Waals surface area (Å²) in [6, 6.07) is 78.4. The van der Waals surface area contributed by atoms with Crippen molar-refractivity contribution in [3.63, 3.8) is 0 Å². The summed E-state index contributed by atoms with van der Waals surface area (Å²) in [6.45, 7) is 0. The molecule has 0 spiro atoms. The molecule has 0 aliphatic heterocycles. The first-order valence-corrected chi connectivity index (χ1v) is 21.9. The molecular formula is C60H34N4OPt-2. The van der Waals surface area contributed by atoms with Crippen molar-refractivity contribution < 1.29 is 30.4 Å². The molecule has 312 valence electrons. The van der Waals surface area contributed by atoms with Crippen LogP contribution in [0.3, 0.4) is 0 Å². The molecule has 14 rings (SSSR count). The summed E-state index contributed by atoms with van der Waals surface area (Å²) < 4.78 is 13.5. The first-order chi connectivity index (χ1) is 32.3. The fourth-order valence-corrected chi connectivity index (χ4v) is 10.4. The average molecular weight is 1020 g/mol. The predicted molar refractivity (Wildman–Crippen MR) is 266 cm³/mol. The smallest absolute Gasteiger partial charge is 0.268 e. The summed E-state index contributed by atoms with van der Waals surface area (Å²) in [7, 11) is 0. The summed E-state index contributed by atoms with van der Waals surface area (Å²) >= 11 is 0. The fraction of sp³-hybridized carbons (Fsp3) is 0. The first kappa shape index (κ1) is 38.4. The second kappa shape index (κ2) is 15.0. The molecule has 0 aliphatic carbocycles. The van der Waals surface area contributed by atoms with Gasteiger partial charge in [-0.15, -0.1) is 35.0 Å². The van der Waals surface area contributed by atoms with Gasteiger partial charge in [0.15, 0.2) is 0 Å². The van der Waals surface area contributed by atoms with E-state index in [-0.39, 0.29) is 21.1 Å². The molecule has 0 atom stereocenters. The van der Waals surface area contributed by atoms with Gasteiger partial charge in [-0.05, 0) is 78.3 Å². The van der Waals surface area contributed by atoms with Crippen LogP contribution in [0.5, 0.6) is 11.5 Å². The van der Waals surface area contributed by atoms with E-state index in [9.17, 15) is 0 Å². The Morgan fingerprint density at radius 1 is 0.379 bits per heavy atom. The quantitative estimate of drug-likeness (QED) is 0.131. The van der Waals surface area contributed by atoms with Crippen LogP contribution in [0.25, 0.3) is 114 Å². The third kappa shape index (κ3) is 5.63. The van der Waals surface area contributed by atoms with Gasteiger partial charge in [0.1, 0.15) is 5.65 Å². The van der Waals surface area contributed by atoms with Gasteiger partial charge in [0, 0.05) is 55.1 Å². The number of hydrogen-bond acceptors (Lipinski definition) is 2. The van der Waals surface area contributed by atoms with Crippen molar-refractivity contribution in [3.8, 4) is 17.2 Å². The molecule has 0 bridgehead atoms. The molecule has 66 heavy (non-hydrogen) atoms. The number of imidazole rings is 1. The Bertz CT molecular complexity index is 4400. The van der Waals surface area contributed by atoms with Crippen molar-refractivity contribution >= 4 is 109 Å². The molecule has 0 amide bonds. The maximum Gasteiger partial charge on any atom is 0.268 e. The van der Waals surface area contributed by atoms with Gasteiger partial charge in [0.05, 0.1) is 16.7 Å². The molecule has 14 aromatic rings. The van der Waals surface area contributed by atoms with Crippen LogP contribution in [-0.2, 0) is 21.1 Å². The van der Waals surface area contributed by atoms with Gasteiger partial charge in [-0.3, -0.25) is 4.57 Å². The standard InChI is InChI=1S/C60H34N4O.Pt/c1-2-15-38(16-3-1)62-37-63-56-35-39(30-32-49(56)45-21-8-4-17-41(45)42-18-6-10-23-47(42)52-27-13-29-55(62)59(52)63)65-40-31-33-50-53-26-12-25-51-46-22-9-5-19-43(46)44-20-7-11-24-48(44)54-28-14-34-61-60(54)64(58(51)53)57(50)36-40;/h1-34H;/q-2;. The van der Waals surface area contributed by atoms with Crippen LogP contribution in [0.15, 0.2) is 206 Å². The topological polar surface area (TPSA) is 34.8 Å². The van der Waals surface area contributed by atoms with Crippen LogP contribution >= 0.6 is 0 Å². The van der Waals surface area contributed by atoms with Gasteiger partial charge >= 0.3 is 0 Å². The minimum Gasteiger partial charge on any atom is -0.510 e. The van der Waals surface area contributed by atoms with Crippen LogP contribution in [0.2, 0.25) is 0 Å². The molecule has 0 unspecified atom stereocenters. The van der Waals surface area contributed by atoms with E-state index in [1.807, 2.05) is 30.5 Å². The molecule has 9 aromatic carbocycles. The zero-order chi connectivity index (χ0) is 42.6. The van der Waals surface area contributed by atoms with Crippen molar-refractivity contribution in [2.75, 3.05) is 0 Å². The number of rotatable bonds is 3. The second-order valence-electron chi connectivity index (χ2n) is 16.6. The number of benzene rings is 9. The molecule has 0 radical (unpaired) electrons. The number of fused-ring (bicyclic) bond motifs is 17. The maximum absolute atomic E-state index is 6.93. The van der Waals surface area contributed by atoms with Crippen LogP contribution in [-0.4, -0.2) is 13.8 Å². The maximum atomic E-state index is 6.93. The number of nitrogens with zero attached hydrogens (tertiary/aromatic N) is 4. The molecule has 5 aromatic heterocycles. The van der Waals surface area contributed by atoms with Crippen molar-refractivity contribution in [2.45, 2.75) is 0 Å². The van der Waals surface area contributed by atoms with Crippen LogP contribution in [0.4, 0.5) is 0 Å². The number of aromatic nitrogens is 4. The Morgan fingerprint density at radius 2 is 0.818 bits per heavy atom. The van der Waals surface area contributed by atoms with Crippen LogP contribution in [0.1, 0.15) is 0 Å². The minimum absolute atomic E-state index is 0. The van der Waals surface area contributed by atoms with Crippen molar-refractivity contribution in [2.24, 2.45) is 0 Å². The van der Waals surface area contributed by atoms with Crippen molar-refractivity contribution in [1.29, 1.82) is 0 Å². The Morgan fingerprint density at radius 3 is 1.42 bits per heavy atom. The zero-order valence-electron chi connectivity index (χ0n) is 35.1. The van der Waals surface area contributed by atoms with Gasteiger partial charge < -0.3 is 13.5 Å². The molecule has 0 aliphatic rings. The van der Waals surface area contributed by atoms with E-state index in [1.54, 1.807) is 0 Å². The first-order valence-electron chi connectivity index (χ1n) is 21.9. The number of pyridine rings is 1. The van der Waals surface area contributed by atoms with E-state index >= 15 is 0 Å². The zero-order valence-corrected chi connectivity index (χ0v) is 37.4. The van der Waals surface area contributed by atoms with E-state index in [0.717, 1.165) is 92.8 Å². The molecular weight excluding hydrogens is 988 g/mol. The van der Waals surface area contributed by atoms with Gasteiger partial charge in [0.25, 0.3) is 6.33 Å². The molecule has 0 N–H and O–H groups in total. The Balaban J connectivity index is 0.00000435. The molecule has 6 heteroatoms. The van der Waals surface area contributed by atoms with E-state index in [1.165, 1.54) is 21.5 Å². The SMILES string of the molecule is [Pt].[c-]1c(Oc2[c-]c3c(cc2)c2cccc4c5ccccc5c5ccccc5c5cccnc5n3c42)ccc2c3ccccc3c3ccccc3c3cccc4c3n([c-][n+]4-c3ccccc3)c12. The molecule has 5 heterocycles. The third-order valence-electron chi connectivity index (χ3n) is 13.2. The Labute approximate surface area is 392 Å². The van der Waals surface area contributed by atoms with E-state index in [4.69, 9.17) is 9.72 Å². The predicted octanol–water partition coefficient (Wildman–Crippen LogP) is 14.6. The monoisotopic (exact) mass is 1020 g/mol. The summed E-state index contributed by atoms with van der Waals surface area (Å²) in [5, 5.41) is 15.7.